The highest BCUT2D eigenvalue weighted by molar-refractivity contribution is 7.11. The fraction of sp³-hybridized carbons (Fsp3) is 0.400. The molecule has 0 fully saturated rings. The summed E-state index contributed by atoms with van der Waals surface area (Å²) in [6.07, 6.45) is 5.12. The normalized spacial score (nSPS) is 15.9. The van der Waals surface area contributed by atoms with E-state index in [1.54, 1.807) is 5.51 Å². The van der Waals surface area contributed by atoms with Crippen LogP contribution in [0.1, 0.15) is 21.8 Å². The molecule has 0 saturated heterocycles. The Morgan fingerprint density at radius 1 is 1.57 bits per heavy atom. The molecule has 14 heavy (non-hydrogen) atoms. The van der Waals surface area contributed by atoms with Crippen LogP contribution in [0, 0.1) is 6.92 Å². The third-order valence-corrected chi connectivity index (χ3v) is 3.20. The molecule has 2 rings (SSSR count). The highest BCUT2D eigenvalue weighted by Gasteiger charge is 2.19. The highest BCUT2D eigenvalue weighted by Crippen LogP contribution is 2.16. The van der Waals surface area contributed by atoms with Crippen molar-refractivity contribution in [3.63, 3.8) is 0 Å². The van der Waals surface area contributed by atoms with Crippen molar-refractivity contribution < 1.29 is 4.79 Å². The van der Waals surface area contributed by atoms with Crippen LogP contribution in [0.3, 0.4) is 0 Å². The van der Waals surface area contributed by atoms with Gasteiger partial charge in [-0.2, -0.15) is 0 Å². The molecule has 3 nitrogen and oxygen atoms in total. The van der Waals surface area contributed by atoms with Gasteiger partial charge in [0.25, 0.3) is 5.91 Å². The zero-order chi connectivity index (χ0) is 9.97. The van der Waals surface area contributed by atoms with Gasteiger partial charge in [0.1, 0.15) is 4.88 Å². The van der Waals surface area contributed by atoms with Crippen molar-refractivity contribution in [1.82, 2.24) is 9.88 Å². The van der Waals surface area contributed by atoms with Crippen molar-refractivity contribution in [2.24, 2.45) is 0 Å². The minimum atomic E-state index is 0.120. The van der Waals surface area contributed by atoms with E-state index in [1.165, 1.54) is 11.3 Å². The Labute approximate surface area is 87.1 Å². The molecule has 1 aromatic heterocycles. The van der Waals surface area contributed by atoms with Gasteiger partial charge in [-0.25, -0.2) is 4.98 Å². The molecule has 4 heteroatoms. The predicted molar refractivity (Wildman–Crippen MR) is 56.5 cm³/mol. The van der Waals surface area contributed by atoms with E-state index in [1.807, 2.05) is 17.9 Å². The molecular formula is C10H12N2OS. The Hall–Kier alpha value is -1.16. The van der Waals surface area contributed by atoms with Gasteiger partial charge in [0.05, 0.1) is 11.2 Å². The summed E-state index contributed by atoms with van der Waals surface area (Å²) in [5, 5.41) is 0. The first-order valence-electron chi connectivity index (χ1n) is 4.63. The number of carbonyl (C=O) groups excluding carboxylic acids is 1. The number of aryl methyl sites for hydroxylation is 1. The maximum absolute atomic E-state index is 11.9. The van der Waals surface area contributed by atoms with Crippen molar-refractivity contribution in [1.29, 1.82) is 0 Å². The first kappa shape index (κ1) is 9.40. The van der Waals surface area contributed by atoms with E-state index in [0.717, 1.165) is 30.1 Å². The van der Waals surface area contributed by atoms with Crippen molar-refractivity contribution in [3.05, 3.63) is 28.2 Å². The summed E-state index contributed by atoms with van der Waals surface area (Å²) in [6, 6.07) is 0. The lowest BCUT2D eigenvalue weighted by Crippen LogP contribution is -2.33. The van der Waals surface area contributed by atoms with Gasteiger partial charge in [0.15, 0.2) is 0 Å². The number of hydrogen-bond acceptors (Lipinski definition) is 3. The van der Waals surface area contributed by atoms with Crippen LogP contribution in [0.2, 0.25) is 0 Å². The monoisotopic (exact) mass is 208 g/mol. The average molecular weight is 208 g/mol. The summed E-state index contributed by atoms with van der Waals surface area (Å²) in [5.41, 5.74) is 2.57. The molecule has 74 valence electrons. The van der Waals surface area contributed by atoms with Gasteiger partial charge in [0.2, 0.25) is 0 Å². The molecule has 1 aliphatic rings. The minimum absolute atomic E-state index is 0.120. The molecule has 2 heterocycles. The zero-order valence-corrected chi connectivity index (χ0v) is 8.88. The van der Waals surface area contributed by atoms with Crippen LogP contribution in [-0.2, 0) is 0 Å². The fourth-order valence-electron chi connectivity index (χ4n) is 1.48. The molecule has 0 N–H and O–H groups in total. The third-order valence-electron chi connectivity index (χ3n) is 2.29. The van der Waals surface area contributed by atoms with Crippen molar-refractivity contribution in [2.45, 2.75) is 13.3 Å². The molecule has 1 amide bonds. The molecule has 0 aliphatic carbocycles. The van der Waals surface area contributed by atoms with Crippen molar-refractivity contribution in [3.8, 4) is 0 Å². The Morgan fingerprint density at radius 2 is 2.43 bits per heavy atom. The Kier molecular flexibility index (Phi) is 2.63. The number of carbonyl (C=O) groups is 1. The van der Waals surface area contributed by atoms with E-state index in [4.69, 9.17) is 0 Å². The number of rotatable bonds is 1. The zero-order valence-electron chi connectivity index (χ0n) is 8.06. The van der Waals surface area contributed by atoms with Gasteiger partial charge >= 0.3 is 0 Å². The molecule has 0 atom stereocenters. The summed E-state index contributed by atoms with van der Waals surface area (Å²) in [6.45, 7) is 3.44. The standard InChI is InChI=1S/C10H12N2OS/c1-8-9(14-7-11-8)10(13)12-5-3-2-4-6-12/h2-3,7H,4-6H2,1H3. The van der Waals surface area contributed by atoms with E-state index in [9.17, 15) is 4.79 Å². The van der Waals surface area contributed by atoms with Gasteiger partial charge in [0, 0.05) is 13.1 Å². The minimum Gasteiger partial charge on any atom is -0.334 e. The van der Waals surface area contributed by atoms with Crippen molar-refractivity contribution in [2.75, 3.05) is 13.1 Å². The van der Waals surface area contributed by atoms with Crippen molar-refractivity contribution >= 4 is 17.2 Å². The second-order valence-electron chi connectivity index (χ2n) is 3.28. The maximum atomic E-state index is 11.9. The number of nitrogens with zero attached hydrogens (tertiary/aromatic N) is 2. The van der Waals surface area contributed by atoms with Gasteiger partial charge < -0.3 is 4.90 Å². The maximum Gasteiger partial charge on any atom is 0.266 e. The summed E-state index contributed by atoms with van der Waals surface area (Å²) in [7, 11) is 0. The molecular weight excluding hydrogens is 196 g/mol. The lowest BCUT2D eigenvalue weighted by molar-refractivity contribution is 0.0775. The van der Waals surface area contributed by atoms with Gasteiger partial charge in [-0.1, -0.05) is 12.2 Å². The first-order valence-corrected chi connectivity index (χ1v) is 5.51. The van der Waals surface area contributed by atoms with Crippen LogP contribution in [-0.4, -0.2) is 28.9 Å². The van der Waals surface area contributed by atoms with E-state index in [2.05, 4.69) is 11.1 Å². The summed E-state index contributed by atoms with van der Waals surface area (Å²) in [5.74, 6) is 0.120. The van der Waals surface area contributed by atoms with Gasteiger partial charge in [-0.05, 0) is 13.3 Å². The molecule has 0 aromatic carbocycles. The van der Waals surface area contributed by atoms with Crippen LogP contribution in [0.4, 0.5) is 0 Å². The highest BCUT2D eigenvalue weighted by atomic mass is 32.1. The van der Waals surface area contributed by atoms with E-state index < -0.39 is 0 Å². The Balaban J connectivity index is 2.16. The molecule has 0 spiro atoms. The number of thiazole rings is 1. The summed E-state index contributed by atoms with van der Waals surface area (Å²) in [4.78, 5) is 18.7. The molecule has 0 unspecified atom stereocenters. The number of amides is 1. The van der Waals surface area contributed by atoms with Crippen LogP contribution in [0.5, 0.6) is 0 Å². The average Bonchev–Trinajstić information content (AvgIpc) is 2.65. The van der Waals surface area contributed by atoms with Gasteiger partial charge in [-0.15, -0.1) is 11.3 Å². The lowest BCUT2D eigenvalue weighted by Gasteiger charge is -2.22. The Bertz CT molecular complexity index is 370. The molecule has 0 saturated carbocycles. The van der Waals surface area contributed by atoms with Crippen LogP contribution >= 0.6 is 11.3 Å². The van der Waals surface area contributed by atoms with Crippen LogP contribution < -0.4 is 0 Å². The lowest BCUT2D eigenvalue weighted by atomic mass is 10.2. The predicted octanol–water partition coefficient (Wildman–Crippen LogP) is 1.85. The van der Waals surface area contributed by atoms with E-state index in [-0.39, 0.29) is 5.91 Å². The van der Waals surface area contributed by atoms with Crippen LogP contribution in [0.25, 0.3) is 0 Å². The van der Waals surface area contributed by atoms with E-state index >= 15 is 0 Å². The third kappa shape index (κ3) is 1.70. The topological polar surface area (TPSA) is 33.2 Å². The number of aromatic nitrogens is 1. The summed E-state index contributed by atoms with van der Waals surface area (Å²) >= 11 is 1.42. The molecule has 0 bridgehead atoms. The molecule has 1 aromatic rings. The molecule has 0 radical (unpaired) electrons. The number of hydrogen-bond donors (Lipinski definition) is 0. The summed E-state index contributed by atoms with van der Waals surface area (Å²) < 4.78 is 0. The fourth-order valence-corrected chi connectivity index (χ4v) is 2.25. The SMILES string of the molecule is Cc1ncsc1C(=O)N1CC=CCC1. The smallest absolute Gasteiger partial charge is 0.266 e. The second-order valence-corrected chi connectivity index (χ2v) is 4.13. The van der Waals surface area contributed by atoms with Gasteiger partial charge in [-0.3, -0.25) is 4.79 Å². The van der Waals surface area contributed by atoms with Crippen LogP contribution in [0.15, 0.2) is 17.7 Å². The largest absolute Gasteiger partial charge is 0.334 e. The molecule has 1 aliphatic heterocycles. The van der Waals surface area contributed by atoms with E-state index in [0.29, 0.717) is 0 Å². The second kappa shape index (κ2) is 3.92. The Morgan fingerprint density at radius 3 is 3.00 bits per heavy atom. The quantitative estimate of drug-likeness (QED) is 0.660. The first-order chi connectivity index (χ1) is 6.79.